The number of halogens is 3. The topological polar surface area (TPSA) is 14.1 Å². The Morgan fingerprint density at radius 2 is 0.909 bits per heavy atom. The van der Waals surface area contributed by atoms with Gasteiger partial charge in [0.15, 0.2) is 0 Å². The van der Waals surface area contributed by atoms with Crippen LogP contribution in [-0.4, -0.2) is 12.1 Å². The van der Waals surface area contributed by atoms with Gasteiger partial charge in [-0.1, -0.05) is 27.7 Å². The smallest absolute Gasteiger partial charge is 0 e. The van der Waals surface area contributed by atoms with Crippen LogP contribution in [0.2, 0.25) is 0 Å². The number of nitrogens with zero attached hydrogens (tertiary/aromatic N) is 1. The number of hydrogen-bond donors (Lipinski definition) is 0. The molecule has 0 aliphatic rings. The Labute approximate surface area is 104 Å². The van der Waals surface area contributed by atoms with E-state index in [1.54, 1.807) is 0 Å². The molecular formula is C6H17Cl3NTi-. The molecule has 0 aromatic rings. The van der Waals surface area contributed by atoms with E-state index in [0.717, 1.165) is 0 Å². The van der Waals surface area contributed by atoms with E-state index in [9.17, 15) is 0 Å². The van der Waals surface area contributed by atoms with Crippen molar-refractivity contribution in [1.29, 1.82) is 0 Å². The molecule has 0 saturated carbocycles. The Bertz CT molecular complexity index is 47.1. The van der Waals surface area contributed by atoms with Crippen molar-refractivity contribution in [3.63, 3.8) is 0 Å². The van der Waals surface area contributed by atoms with E-state index in [1.165, 1.54) is 0 Å². The van der Waals surface area contributed by atoms with Crippen molar-refractivity contribution in [3.05, 3.63) is 5.32 Å². The average Bonchev–Trinajstić information content (AvgIpc) is 1.27. The number of rotatable bonds is 2. The summed E-state index contributed by atoms with van der Waals surface area (Å²) in [7, 11) is 0. The standard InChI is InChI=1S/C6H14N.3ClH.Ti/c1-5(2)7-6(3)4;;;;/h5-6H,1-4H3;3*1H;/q-1;;;;. The van der Waals surface area contributed by atoms with E-state index in [-0.39, 0.29) is 58.9 Å². The first kappa shape index (κ1) is 29.4. The molecule has 0 amide bonds. The fourth-order valence-electron chi connectivity index (χ4n) is 0.596. The zero-order valence-corrected chi connectivity index (χ0v) is 11.3. The maximum Gasteiger partial charge on any atom is 0 e. The molecule has 0 saturated heterocycles. The van der Waals surface area contributed by atoms with Gasteiger partial charge in [-0.15, -0.1) is 49.3 Å². The quantitative estimate of drug-likeness (QED) is 0.673. The summed E-state index contributed by atoms with van der Waals surface area (Å²) in [5.41, 5.74) is 0. The van der Waals surface area contributed by atoms with Gasteiger partial charge in [0.05, 0.1) is 0 Å². The molecule has 0 rings (SSSR count). The van der Waals surface area contributed by atoms with Gasteiger partial charge in [0.1, 0.15) is 0 Å². The molecule has 0 N–H and O–H groups in total. The summed E-state index contributed by atoms with van der Waals surface area (Å²) >= 11 is 0. The molecule has 5 heteroatoms. The van der Waals surface area contributed by atoms with Crippen LogP contribution in [0.4, 0.5) is 0 Å². The Balaban J connectivity index is -0.0000000300. The molecule has 0 aliphatic carbocycles. The van der Waals surface area contributed by atoms with Gasteiger partial charge < -0.3 is 5.32 Å². The van der Waals surface area contributed by atoms with Gasteiger partial charge >= 0.3 is 0 Å². The Morgan fingerprint density at radius 3 is 0.909 bits per heavy atom. The predicted octanol–water partition coefficient (Wildman–Crippen LogP) is 3.44. The third kappa shape index (κ3) is 34.2. The average molecular weight is 257 g/mol. The summed E-state index contributed by atoms with van der Waals surface area (Å²) < 4.78 is 0. The van der Waals surface area contributed by atoms with E-state index in [0.29, 0.717) is 12.1 Å². The molecule has 0 atom stereocenters. The minimum absolute atomic E-state index is 0. The molecule has 0 aliphatic heterocycles. The third-order valence-electron chi connectivity index (χ3n) is 0.596. The molecule has 0 aromatic carbocycles. The maximum absolute atomic E-state index is 4.28. The van der Waals surface area contributed by atoms with Crippen molar-refractivity contribution in [2.45, 2.75) is 39.8 Å². The van der Waals surface area contributed by atoms with Crippen molar-refractivity contribution < 1.29 is 21.7 Å². The van der Waals surface area contributed by atoms with Crippen LogP contribution in [0.5, 0.6) is 0 Å². The van der Waals surface area contributed by atoms with E-state index in [1.807, 2.05) is 0 Å². The SMILES string of the molecule is CC(C)[N-]C(C)C.Cl.Cl.Cl.[Ti]. The second-order valence-corrected chi connectivity index (χ2v) is 2.34. The van der Waals surface area contributed by atoms with Crippen molar-refractivity contribution in [1.82, 2.24) is 0 Å². The summed E-state index contributed by atoms with van der Waals surface area (Å²) in [4.78, 5) is 0. The summed E-state index contributed by atoms with van der Waals surface area (Å²) in [5.74, 6) is 0. The van der Waals surface area contributed by atoms with Crippen molar-refractivity contribution in [3.8, 4) is 0 Å². The van der Waals surface area contributed by atoms with Crippen molar-refractivity contribution in [2.24, 2.45) is 0 Å². The fourth-order valence-corrected chi connectivity index (χ4v) is 0.596. The zero-order chi connectivity index (χ0) is 5.86. The van der Waals surface area contributed by atoms with Crippen LogP contribution in [-0.2, 0) is 21.7 Å². The molecule has 11 heavy (non-hydrogen) atoms. The van der Waals surface area contributed by atoms with Crippen LogP contribution in [0, 0.1) is 0 Å². The maximum atomic E-state index is 4.28. The summed E-state index contributed by atoms with van der Waals surface area (Å²) in [6.07, 6.45) is 0. The van der Waals surface area contributed by atoms with Crippen LogP contribution in [0.15, 0.2) is 0 Å². The molecule has 0 heterocycles. The van der Waals surface area contributed by atoms with Crippen LogP contribution in [0.3, 0.4) is 0 Å². The molecule has 0 radical (unpaired) electrons. The Kier molecular flexibility index (Phi) is 46.9. The van der Waals surface area contributed by atoms with Gasteiger partial charge in [-0.25, -0.2) is 0 Å². The van der Waals surface area contributed by atoms with Gasteiger partial charge in [0, 0.05) is 21.7 Å². The molecule has 0 spiro atoms. The van der Waals surface area contributed by atoms with E-state index in [4.69, 9.17) is 0 Å². The number of hydrogen-bond acceptors (Lipinski definition) is 0. The summed E-state index contributed by atoms with van der Waals surface area (Å²) in [5, 5.41) is 4.28. The summed E-state index contributed by atoms with van der Waals surface area (Å²) in [6.45, 7) is 8.39. The molecule has 1 nitrogen and oxygen atoms in total. The van der Waals surface area contributed by atoms with Crippen LogP contribution in [0.25, 0.3) is 5.32 Å². The van der Waals surface area contributed by atoms with Crippen LogP contribution < -0.4 is 0 Å². The van der Waals surface area contributed by atoms with Gasteiger partial charge in [-0.3, -0.25) is 0 Å². The first-order valence-corrected chi connectivity index (χ1v) is 2.83. The minimum Gasteiger partial charge on any atom is -0.658 e. The molecule has 0 bridgehead atoms. The van der Waals surface area contributed by atoms with E-state index < -0.39 is 0 Å². The first-order chi connectivity index (χ1) is 3.13. The monoisotopic (exact) mass is 256 g/mol. The Hall–Kier alpha value is 1.54. The van der Waals surface area contributed by atoms with E-state index in [2.05, 4.69) is 33.0 Å². The predicted molar refractivity (Wildman–Crippen MR) is 55.4 cm³/mol. The van der Waals surface area contributed by atoms with Gasteiger partial charge in [-0.2, -0.15) is 0 Å². The summed E-state index contributed by atoms with van der Waals surface area (Å²) in [6, 6.07) is 1.000. The van der Waals surface area contributed by atoms with Gasteiger partial charge in [-0.05, 0) is 0 Å². The molecule has 0 fully saturated rings. The molecular weight excluding hydrogens is 240 g/mol. The van der Waals surface area contributed by atoms with Crippen molar-refractivity contribution >= 4 is 37.2 Å². The molecule has 0 aromatic heterocycles. The third-order valence-corrected chi connectivity index (χ3v) is 0.596. The van der Waals surface area contributed by atoms with Crippen LogP contribution in [0.1, 0.15) is 27.7 Å². The van der Waals surface area contributed by atoms with Gasteiger partial charge in [0.2, 0.25) is 0 Å². The largest absolute Gasteiger partial charge is 0.658 e. The van der Waals surface area contributed by atoms with E-state index >= 15 is 0 Å². The Morgan fingerprint density at radius 1 is 0.727 bits per heavy atom. The zero-order valence-electron chi connectivity index (χ0n) is 7.33. The first-order valence-electron chi connectivity index (χ1n) is 2.83. The second-order valence-electron chi connectivity index (χ2n) is 2.34. The normalized spacial score (nSPS) is 7.09. The second kappa shape index (κ2) is 17.6. The molecule has 72 valence electrons. The molecule has 0 unspecified atom stereocenters. The van der Waals surface area contributed by atoms with Crippen LogP contribution >= 0.6 is 37.2 Å². The van der Waals surface area contributed by atoms with Gasteiger partial charge in [0.25, 0.3) is 0 Å². The fraction of sp³-hybridized carbons (Fsp3) is 1.00. The minimum atomic E-state index is 0. The van der Waals surface area contributed by atoms with Crippen molar-refractivity contribution in [2.75, 3.05) is 0 Å².